The SMILES string of the molecule is Cc1ccc(-c2nnc(CCC(=O)NCc3ccccc3CN3CCCCC3)o2)cc1. The number of nitrogens with zero attached hydrogens (tertiary/aromatic N) is 3. The molecule has 0 spiro atoms. The van der Waals surface area contributed by atoms with Gasteiger partial charge in [0.15, 0.2) is 0 Å². The number of likely N-dealkylation sites (tertiary alicyclic amines) is 1. The molecule has 31 heavy (non-hydrogen) atoms. The van der Waals surface area contributed by atoms with Crippen LogP contribution >= 0.6 is 0 Å². The summed E-state index contributed by atoms with van der Waals surface area (Å²) in [4.78, 5) is 14.9. The Kier molecular flexibility index (Phi) is 7.10. The third kappa shape index (κ3) is 6.01. The zero-order chi connectivity index (χ0) is 21.5. The number of nitrogens with one attached hydrogen (secondary N) is 1. The molecule has 1 N–H and O–H groups in total. The maximum atomic E-state index is 12.4. The van der Waals surface area contributed by atoms with E-state index < -0.39 is 0 Å². The van der Waals surface area contributed by atoms with Crippen LogP contribution in [0.4, 0.5) is 0 Å². The van der Waals surface area contributed by atoms with Gasteiger partial charge in [-0.1, -0.05) is 48.4 Å². The lowest BCUT2D eigenvalue weighted by Gasteiger charge is -2.27. The highest BCUT2D eigenvalue weighted by Gasteiger charge is 2.14. The van der Waals surface area contributed by atoms with Crippen LogP contribution in [0.2, 0.25) is 0 Å². The molecule has 1 amide bonds. The topological polar surface area (TPSA) is 71.3 Å². The van der Waals surface area contributed by atoms with Gasteiger partial charge >= 0.3 is 0 Å². The molecule has 0 unspecified atom stereocenters. The van der Waals surface area contributed by atoms with Gasteiger partial charge in [-0.2, -0.15) is 0 Å². The number of carbonyl (C=O) groups excluding carboxylic acids is 1. The van der Waals surface area contributed by atoms with E-state index in [2.05, 4.69) is 38.6 Å². The van der Waals surface area contributed by atoms with Gasteiger partial charge in [0.05, 0.1) is 0 Å². The number of benzene rings is 2. The molecule has 1 saturated heterocycles. The van der Waals surface area contributed by atoms with E-state index in [1.165, 1.54) is 36.0 Å². The van der Waals surface area contributed by atoms with Crippen LogP contribution in [-0.4, -0.2) is 34.1 Å². The van der Waals surface area contributed by atoms with Crippen LogP contribution in [0, 0.1) is 6.92 Å². The van der Waals surface area contributed by atoms with Crippen LogP contribution in [0.5, 0.6) is 0 Å². The van der Waals surface area contributed by atoms with Crippen molar-refractivity contribution in [2.24, 2.45) is 0 Å². The lowest BCUT2D eigenvalue weighted by molar-refractivity contribution is -0.121. The normalized spacial score (nSPS) is 14.5. The van der Waals surface area contributed by atoms with E-state index in [9.17, 15) is 4.79 Å². The minimum absolute atomic E-state index is 0.0112. The molecule has 0 saturated carbocycles. The molecule has 0 aliphatic carbocycles. The predicted molar refractivity (Wildman–Crippen MR) is 120 cm³/mol. The quantitative estimate of drug-likeness (QED) is 0.591. The van der Waals surface area contributed by atoms with Gasteiger partial charge in [-0.05, 0) is 56.1 Å². The van der Waals surface area contributed by atoms with Crippen molar-refractivity contribution in [3.05, 3.63) is 71.1 Å². The molecular weight excluding hydrogens is 388 g/mol. The summed E-state index contributed by atoms with van der Waals surface area (Å²) in [6, 6.07) is 16.3. The fourth-order valence-electron chi connectivity index (χ4n) is 3.91. The highest BCUT2D eigenvalue weighted by atomic mass is 16.4. The minimum Gasteiger partial charge on any atom is -0.421 e. The zero-order valence-corrected chi connectivity index (χ0v) is 18.1. The molecule has 162 valence electrons. The summed E-state index contributed by atoms with van der Waals surface area (Å²) < 4.78 is 5.72. The van der Waals surface area contributed by atoms with E-state index in [0.717, 1.165) is 25.2 Å². The third-order valence-electron chi connectivity index (χ3n) is 5.77. The monoisotopic (exact) mass is 418 g/mol. The summed E-state index contributed by atoms with van der Waals surface area (Å²) in [5, 5.41) is 11.2. The van der Waals surface area contributed by atoms with Gasteiger partial charge in [0.1, 0.15) is 0 Å². The number of carbonyl (C=O) groups is 1. The number of aryl methyl sites for hydroxylation is 2. The molecule has 0 bridgehead atoms. The van der Waals surface area contributed by atoms with Crippen LogP contribution < -0.4 is 5.32 Å². The highest BCUT2D eigenvalue weighted by molar-refractivity contribution is 5.76. The summed E-state index contributed by atoms with van der Waals surface area (Å²) in [5.74, 6) is 0.959. The Morgan fingerprint density at radius 2 is 1.74 bits per heavy atom. The van der Waals surface area contributed by atoms with Crippen molar-refractivity contribution in [1.29, 1.82) is 0 Å². The van der Waals surface area contributed by atoms with Gasteiger partial charge in [0, 0.05) is 31.5 Å². The van der Waals surface area contributed by atoms with Gasteiger partial charge < -0.3 is 9.73 Å². The Hall–Kier alpha value is -2.99. The minimum atomic E-state index is -0.0112. The summed E-state index contributed by atoms with van der Waals surface area (Å²) in [5.41, 5.74) is 4.54. The molecule has 2 aromatic carbocycles. The number of amides is 1. The van der Waals surface area contributed by atoms with Gasteiger partial charge in [0.25, 0.3) is 0 Å². The molecule has 1 aliphatic heterocycles. The van der Waals surface area contributed by atoms with Crippen molar-refractivity contribution >= 4 is 5.91 Å². The van der Waals surface area contributed by atoms with Crippen LogP contribution in [0.3, 0.4) is 0 Å². The van der Waals surface area contributed by atoms with Crippen LogP contribution in [0.25, 0.3) is 11.5 Å². The Morgan fingerprint density at radius 3 is 2.52 bits per heavy atom. The van der Waals surface area contributed by atoms with Crippen molar-refractivity contribution in [2.75, 3.05) is 13.1 Å². The van der Waals surface area contributed by atoms with Crippen molar-refractivity contribution in [2.45, 2.75) is 52.1 Å². The van der Waals surface area contributed by atoms with Gasteiger partial charge in [0.2, 0.25) is 17.7 Å². The van der Waals surface area contributed by atoms with E-state index in [-0.39, 0.29) is 5.91 Å². The highest BCUT2D eigenvalue weighted by Crippen LogP contribution is 2.19. The van der Waals surface area contributed by atoms with E-state index >= 15 is 0 Å². The molecule has 2 heterocycles. The fourth-order valence-corrected chi connectivity index (χ4v) is 3.91. The Bertz CT molecular complexity index is 991. The van der Waals surface area contributed by atoms with Gasteiger partial charge in [-0.3, -0.25) is 9.69 Å². The van der Waals surface area contributed by atoms with Crippen molar-refractivity contribution in [3.63, 3.8) is 0 Å². The van der Waals surface area contributed by atoms with Gasteiger partial charge in [-0.25, -0.2) is 0 Å². The maximum Gasteiger partial charge on any atom is 0.247 e. The molecule has 1 aliphatic rings. The summed E-state index contributed by atoms with van der Waals surface area (Å²) in [6.45, 7) is 5.86. The summed E-state index contributed by atoms with van der Waals surface area (Å²) in [7, 11) is 0. The Balaban J connectivity index is 1.27. The van der Waals surface area contributed by atoms with Crippen LogP contribution in [-0.2, 0) is 24.3 Å². The second-order valence-corrected chi connectivity index (χ2v) is 8.25. The number of hydrogen-bond acceptors (Lipinski definition) is 5. The fraction of sp³-hybridized carbons (Fsp3) is 0.400. The van der Waals surface area contributed by atoms with Crippen molar-refractivity contribution in [1.82, 2.24) is 20.4 Å². The number of hydrogen-bond donors (Lipinski definition) is 1. The molecule has 6 heteroatoms. The molecule has 0 atom stereocenters. The Morgan fingerprint density at radius 1 is 1.00 bits per heavy atom. The Labute approximate surface area is 183 Å². The van der Waals surface area contributed by atoms with Crippen molar-refractivity contribution < 1.29 is 9.21 Å². The average Bonchev–Trinajstić information content (AvgIpc) is 3.27. The molecule has 6 nitrogen and oxygen atoms in total. The maximum absolute atomic E-state index is 12.4. The smallest absolute Gasteiger partial charge is 0.247 e. The molecule has 4 rings (SSSR count). The second kappa shape index (κ2) is 10.4. The first-order valence-corrected chi connectivity index (χ1v) is 11.1. The van der Waals surface area contributed by atoms with E-state index in [4.69, 9.17) is 4.42 Å². The summed E-state index contributed by atoms with van der Waals surface area (Å²) >= 11 is 0. The van der Waals surface area contributed by atoms with Crippen LogP contribution in [0.1, 0.15) is 48.3 Å². The molecular formula is C25H30N4O2. The standard InChI is InChI=1S/C25H30N4O2/c1-19-9-11-20(12-10-19)25-28-27-24(31-25)14-13-23(30)26-17-21-7-3-4-8-22(21)18-29-15-5-2-6-16-29/h3-4,7-12H,2,5-6,13-18H2,1H3,(H,26,30). The van der Waals surface area contributed by atoms with E-state index in [1.807, 2.05) is 37.3 Å². The second-order valence-electron chi connectivity index (χ2n) is 8.25. The predicted octanol–water partition coefficient (Wildman–Crippen LogP) is 4.28. The van der Waals surface area contributed by atoms with Crippen LogP contribution in [0.15, 0.2) is 52.9 Å². The lowest BCUT2D eigenvalue weighted by atomic mass is 10.0. The van der Waals surface area contributed by atoms with E-state index in [0.29, 0.717) is 31.2 Å². The molecule has 1 aromatic heterocycles. The molecule has 0 radical (unpaired) electrons. The third-order valence-corrected chi connectivity index (χ3v) is 5.77. The molecule has 3 aromatic rings. The first-order valence-electron chi connectivity index (χ1n) is 11.1. The average molecular weight is 419 g/mol. The number of rotatable bonds is 8. The number of piperidine rings is 1. The number of aromatic nitrogens is 2. The van der Waals surface area contributed by atoms with Gasteiger partial charge in [-0.15, -0.1) is 10.2 Å². The van der Waals surface area contributed by atoms with Crippen molar-refractivity contribution in [3.8, 4) is 11.5 Å². The summed E-state index contributed by atoms with van der Waals surface area (Å²) in [6.07, 6.45) is 4.64. The van der Waals surface area contributed by atoms with E-state index in [1.54, 1.807) is 0 Å². The largest absolute Gasteiger partial charge is 0.421 e. The lowest BCUT2D eigenvalue weighted by Crippen LogP contribution is -2.30. The first kappa shape index (κ1) is 21.2. The molecule has 1 fully saturated rings. The first-order chi connectivity index (χ1) is 15.2. The zero-order valence-electron chi connectivity index (χ0n) is 18.1.